The predicted molar refractivity (Wildman–Crippen MR) is 127 cm³/mol. The summed E-state index contributed by atoms with van der Waals surface area (Å²) in [5.41, 5.74) is 1.32. The van der Waals surface area contributed by atoms with Crippen molar-refractivity contribution in [1.29, 1.82) is 0 Å². The minimum absolute atomic E-state index is 0.0869. The second-order valence-electron chi connectivity index (χ2n) is 9.25. The fourth-order valence-electron chi connectivity index (χ4n) is 3.96. The van der Waals surface area contributed by atoms with E-state index >= 15 is 0 Å². The number of nitrogens with zero attached hydrogens (tertiary/aromatic N) is 4. The Morgan fingerprint density at radius 3 is 2.59 bits per heavy atom. The molecule has 168 valence electrons. The van der Waals surface area contributed by atoms with Gasteiger partial charge in [0.2, 0.25) is 11.8 Å². The first-order valence-corrected chi connectivity index (χ1v) is 11.7. The van der Waals surface area contributed by atoms with Crippen LogP contribution in [-0.4, -0.2) is 44.3 Å². The molecule has 1 saturated heterocycles. The largest absolute Gasteiger partial charge is 0.341 e. The summed E-state index contributed by atoms with van der Waals surface area (Å²) in [5, 5.41) is 3.56. The van der Waals surface area contributed by atoms with E-state index in [9.17, 15) is 9.59 Å². The Morgan fingerprint density at radius 1 is 1.19 bits per heavy atom. The van der Waals surface area contributed by atoms with Gasteiger partial charge in [0.05, 0.1) is 16.5 Å². The van der Waals surface area contributed by atoms with Crippen LogP contribution < -0.4 is 5.32 Å². The van der Waals surface area contributed by atoms with Crippen molar-refractivity contribution in [3.8, 4) is 22.0 Å². The summed E-state index contributed by atoms with van der Waals surface area (Å²) in [6, 6.07) is 9.91. The lowest BCUT2D eigenvalue weighted by Crippen LogP contribution is -2.47. The van der Waals surface area contributed by atoms with Crippen molar-refractivity contribution in [2.24, 2.45) is 18.4 Å². The minimum Gasteiger partial charge on any atom is -0.341 e. The molecule has 3 heterocycles. The summed E-state index contributed by atoms with van der Waals surface area (Å²) in [5.74, 6) is 0.570. The highest BCUT2D eigenvalue weighted by atomic mass is 32.1. The number of likely N-dealkylation sites (tertiary alicyclic amines) is 1. The lowest BCUT2D eigenvalue weighted by atomic mass is 9.91. The van der Waals surface area contributed by atoms with E-state index in [0.29, 0.717) is 18.2 Å². The van der Waals surface area contributed by atoms with E-state index in [1.165, 1.54) is 11.3 Å². The molecule has 4 rings (SSSR count). The molecule has 1 aliphatic rings. The molecule has 2 aromatic heterocycles. The number of benzene rings is 1. The molecule has 1 aromatic carbocycles. The predicted octanol–water partition coefficient (Wildman–Crippen LogP) is 4.43. The van der Waals surface area contributed by atoms with Crippen molar-refractivity contribution < 1.29 is 9.59 Å². The second kappa shape index (κ2) is 8.86. The van der Waals surface area contributed by atoms with Gasteiger partial charge in [-0.3, -0.25) is 9.59 Å². The van der Waals surface area contributed by atoms with Crippen LogP contribution >= 0.6 is 11.3 Å². The van der Waals surface area contributed by atoms with E-state index in [1.807, 2.05) is 73.8 Å². The third kappa shape index (κ3) is 4.60. The van der Waals surface area contributed by atoms with E-state index in [2.05, 4.69) is 10.3 Å². The van der Waals surface area contributed by atoms with Gasteiger partial charge in [-0.05, 0) is 12.8 Å². The van der Waals surface area contributed by atoms with Crippen LogP contribution in [0.25, 0.3) is 22.0 Å². The molecule has 7 nitrogen and oxygen atoms in total. The molecule has 0 radical (unpaired) electrons. The van der Waals surface area contributed by atoms with E-state index in [4.69, 9.17) is 4.98 Å². The maximum atomic E-state index is 13.1. The van der Waals surface area contributed by atoms with Crippen LogP contribution in [0.3, 0.4) is 0 Å². The van der Waals surface area contributed by atoms with Gasteiger partial charge in [0.15, 0.2) is 11.0 Å². The Hall–Kier alpha value is -3.00. The fourth-order valence-corrected chi connectivity index (χ4v) is 4.99. The number of piperidine rings is 1. The smallest absolute Gasteiger partial charge is 0.231 e. The average molecular weight is 452 g/mol. The van der Waals surface area contributed by atoms with Gasteiger partial charge in [0, 0.05) is 43.5 Å². The summed E-state index contributed by atoms with van der Waals surface area (Å²) in [7, 11) is 1.94. The SMILES string of the molecule is Cn1ccnc1-c1sc(NC(=O)C2CCCN(C(=O)C(C)(C)C)C2)nc1-c1ccccc1. The molecule has 0 saturated carbocycles. The van der Waals surface area contributed by atoms with E-state index < -0.39 is 5.41 Å². The first-order valence-electron chi connectivity index (χ1n) is 10.9. The van der Waals surface area contributed by atoms with Gasteiger partial charge in [-0.15, -0.1) is 0 Å². The Bertz CT molecular complexity index is 1110. The molecular weight excluding hydrogens is 422 g/mol. The Balaban J connectivity index is 1.57. The van der Waals surface area contributed by atoms with Gasteiger partial charge in [-0.25, -0.2) is 9.97 Å². The maximum Gasteiger partial charge on any atom is 0.231 e. The van der Waals surface area contributed by atoms with Crippen molar-refractivity contribution in [1.82, 2.24) is 19.4 Å². The molecule has 0 bridgehead atoms. The average Bonchev–Trinajstić information content (AvgIpc) is 3.39. The van der Waals surface area contributed by atoms with Crippen molar-refractivity contribution in [2.45, 2.75) is 33.6 Å². The zero-order valence-corrected chi connectivity index (χ0v) is 19.8. The lowest BCUT2D eigenvalue weighted by molar-refractivity contribution is -0.142. The van der Waals surface area contributed by atoms with Gasteiger partial charge >= 0.3 is 0 Å². The molecular formula is C24H29N5O2S. The van der Waals surface area contributed by atoms with Gasteiger partial charge in [0.25, 0.3) is 0 Å². The van der Waals surface area contributed by atoms with Gasteiger partial charge < -0.3 is 14.8 Å². The normalized spacial score (nSPS) is 16.8. The molecule has 1 N–H and O–H groups in total. The molecule has 1 aliphatic heterocycles. The third-order valence-electron chi connectivity index (χ3n) is 5.65. The maximum absolute atomic E-state index is 13.1. The monoisotopic (exact) mass is 451 g/mol. The molecule has 1 atom stereocenters. The second-order valence-corrected chi connectivity index (χ2v) is 10.3. The fraction of sp³-hybridized carbons (Fsp3) is 0.417. The Kier molecular flexibility index (Phi) is 6.15. The molecule has 8 heteroatoms. The highest BCUT2D eigenvalue weighted by Crippen LogP contribution is 2.38. The molecule has 2 amide bonds. The topological polar surface area (TPSA) is 80.1 Å². The zero-order valence-electron chi connectivity index (χ0n) is 19.0. The van der Waals surface area contributed by atoms with Crippen molar-refractivity contribution in [2.75, 3.05) is 18.4 Å². The molecule has 3 aromatic rings. The number of aromatic nitrogens is 3. The summed E-state index contributed by atoms with van der Waals surface area (Å²) >= 11 is 1.42. The summed E-state index contributed by atoms with van der Waals surface area (Å²) in [4.78, 5) is 37.8. The molecule has 1 unspecified atom stereocenters. The number of imidazole rings is 1. The summed E-state index contributed by atoms with van der Waals surface area (Å²) in [6.07, 6.45) is 5.24. The number of aryl methyl sites for hydroxylation is 1. The van der Waals surface area contributed by atoms with E-state index in [1.54, 1.807) is 6.20 Å². The first-order chi connectivity index (χ1) is 15.2. The van der Waals surface area contributed by atoms with Gasteiger partial charge in [-0.1, -0.05) is 62.4 Å². The lowest BCUT2D eigenvalue weighted by Gasteiger charge is -2.35. The van der Waals surface area contributed by atoms with Crippen molar-refractivity contribution in [3.05, 3.63) is 42.7 Å². The van der Waals surface area contributed by atoms with Crippen molar-refractivity contribution in [3.63, 3.8) is 0 Å². The van der Waals surface area contributed by atoms with Gasteiger partial charge in [-0.2, -0.15) is 0 Å². The van der Waals surface area contributed by atoms with Crippen LogP contribution in [-0.2, 0) is 16.6 Å². The van der Waals surface area contributed by atoms with Crippen LogP contribution in [0, 0.1) is 11.3 Å². The standard InChI is InChI=1S/C24H29N5O2S/c1-24(2,3)22(31)29-13-8-11-17(15-29)21(30)27-23-26-18(16-9-6-5-7-10-16)19(32-23)20-25-12-14-28(20)4/h5-7,9-10,12,14,17H,8,11,13,15H2,1-4H3,(H,26,27,30). The third-order valence-corrected chi connectivity index (χ3v) is 6.62. The highest BCUT2D eigenvalue weighted by molar-refractivity contribution is 7.19. The van der Waals surface area contributed by atoms with Gasteiger partial charge in [0.1, 0.15) is 0 Å². The van der Waals surface area contributed by atoms with Crippen LogP contribution in [0.1, 0.15) is 33.6 Å². The van der Waals surface area contributed by atoms with Crippen molar-refractivity contribution >= 4 is 28.3 Å². The Morgan fingerprint density at radius 2 is 1.94 bits per heavy atom. The number of rotatable bonds is 4. The number of thiazole rings is 1. The minimum atomic E-state index is -0.449. The molecule has 1 fully saturated rings. The van der Waals surface area contributed by atoms with Crippen LogP contribution in [0.5, 0.6) is 0 Å². The van der Waals surface area contributed by atoms with Crippen LogP contribution in [0.4, 0.5) is 5.13 Å². The number of hydrogen-bond acceptors (Lipinski definition) is 5. The molecule has 0 aliphatic carbocycles. The van der Waals surface area contributed by atoms with Crippen LogP contribution in [0.15, 0.2) is 42.7 Å². The summed E-state index contributed by atoms with van der Waals surface area (Å²) < 4.78 is 1.95. The van der Waals surface area contributed by atoms with E-state index in [0.717, 1.165) is 34.8 Å². The number of anilines is 1. The number of carbonyl (C=O) groups is 2. The number of nitrogens with one attached hydrogen (secondary N) is 1. The number of hydrogen-bond donors (Lipinski definition) is 1. The molecule has 0 spiro atoms. The molecule has 32 heavy (non-hydrogen) atoms. The quantitative estimate of drug-likeness (QED) is 0.636. The zero-order chi connectivity index (χ0) is 22.9. The Labute approximate surface area is 192 Å². The number of amides is 2. The first kappa shape index (κ1) is 22.2. The number of carbonyl (C=O) groups excluding carboxylic acids is 2. The van der Waals surface area contributed by atoms with Crippen LogP contribution in [0.2, 0.25) is 0 Å². The van der Waals surface area contributed by atoms with E-state index in [-0.39, 0.29) is 17.7 Å². The highest BCUT2D eigenvalue weighted by Gasteiger charge is 2.33. The summed E-state index contributed by atoms with van der Waals surface area (Å²) in [6.45, 7) is 6.90.